The molecule has 74 valence electrons. The van der Waals surface area contributed by atoms with Crippen LogP contribution in [0.3, 0.4) is 0 Å². The molecule has 0 spiro atoms. The van der Waals surface area contributed by atoms with Gasteiger partial charge in [-0.1, -0.05) is 0 Å². The summed E-state index contributed by atoms with van der Waals surface area (Å²) in [5.41, 5.74) is 0. The van der Waals surface area contributed by atoms with Crippen molar-refractivity contribution in [1.82, 2.24) is 0 Å². The molecule has 2 atom stereocenters. The fourth-order valence-corrected chi connectivity index (χ4v) is 0.492. The Morgan fingerprint density at radius 3 is 2.15 bits per heavy atom. The minimum absolute atomic E-state index is 0.157. The van der Waals surface area contributed by atoms with Crippen LogP contribution in [0.2, 0.25) is 0 Å². The highest BCUT2D eigenvalue weighted by molar-refractivity contribution is 5.84. The fraction of sp³-hybridized carbons (Fsp3) is 0.625. The van der Waals surface area contributed by atoms with Crippen LogP contribution in [0, 0.1) is 0 Å². The topological polar surface area (TPSA) is 69.7 Å². The largest absolute Gasteiger partial charge is 0.453 e. The number of ketones is 1. The molecule has 0 aromatic carbocycles. The van der Waals surface area contributed by atoms with E-state index in [9.17, 15) is 14.4 Å². The molecule has 0 aliphatic carbocycles. The van der Waals surface area contributed by atoms with Crippen molar-refractivity contribution in [3.8, 4) is 0 Å². The van der Waals surface area contributed by atoms with Gasteiger partial charge >= 0.3 is 5.97 Å². The number of rotatable bonds is 5. The van der Waals surface area contributed by atoms with Crippen LogP contribution in [0.5, 0.6) is 0 Å². The van der Waals surface area contributed by atoms with Gasteiger partial charge in [0.1, 0.15) is 0 Å². The molecule has 0 saturated carbocycles. The molecule has 5 nitrogen and oxygen atoms in total. The molecule has 0 aliphatic rings. The van der Waals surface area contributed by atoms with E-state index in [0.717, 1.165) is 0 Å². The first kappa shape index (κ1) is 11.6. The van der Waals surface area contributed by atoms with Crippen molar-refractivity contribution in [2.75, 3.05) is 0 Å². The standard InChI is InChI=1S/C8H12O5/c1-5(10)6(2)13-8(11)7(3)12-4-9/h4,6-7H,1-3H3. The zero-order chi connectivity index (χ0) is 10.4. The van der Waals surface area contributed by atoms with E-state index in [0.29, 0.717) is 0 Å². The number of ether oxygens (including phenoxy) is 2. The summed E-state index contributed by atoms with van der Waals surface area (Å²) < 4.78 is 8.97. The Hall–Kier alpha value is -1.39. The Bertz CT molecular complexity index is 211. The molecule has 0 radical (unpaired) electrons. The van der Waals surface area contributed by atoms with Crippen LogP contribution < -0.4 is 0 Å². The lowest BCUT2D eigenvalue weighted by Crippen LogP contribution is -2.29. The van der Waals surface area contributed by atoms with E-state index in [1.807, 2.05) is 0 Å². The van der Waals surface area contributed by atoms with Crippen molar-refractivity contribution in [2.24, 2.45) is 0 Å². The van der Waals surface area contributed by atoms with Crippen LogP contribution >= 0.6 is 0 Å². The summed E-state index contributed by atoms with van der Waals surface area (Å²) in [5.74, 6) is -0.985. The average molecular weight is 188 g/mol. The Balaban J connectivity index is 3.99. The highest BCUT2D eigenvalue weighted by atomic mass is 16.6. The monoisotopic (exact) mass is 188 g/mol. The van der Waals surface area contributed by atoms with Gasteiger partial charge in [-0.15, -0.1) is 0 Å². The third-order valence-corrected chi connectivity index (χ3v) is 1.46. The summed E-state index contributed by atoms with van der Waals surface area (Å²) in [6, 6.07) is 0. The van der Waals surface area contributed by atoms with Crippen LogP contribution in [0.1, 0.15) is 20.8 Å². The van der Waals surface area contributed by atoms with Crippen molar-refractivity contribution in [2.45, 2.75) is 33.0 Å². The summed E-state index contributed by atoms with van der Waals surface area (Å²) >= 11 is 0. The summed E-state index contributed by atoms with van der Waals surface area (Å²) in [7, 11) is 0. The lowest BCUT2D eigenvalue weighted by molar-refractivity contribution is -0.166. The second-order valence-electron chi connectivity index (χ2n) is 2.56. The Labute approximate surface area is 76.0 Å². The molecule has 2 unspecified atom stereocenters. The molecular weight excluding hydrogens is 176 g/mol. The Morgan fingerprint density at radius 1 is 1.23 bits per heavy atom. The maximum Gasteiger partial charge on any atom is 0.347 e. The molecule has 0 N–H and O–H groups in total. The van der Waals surface area contributed by atoms with Gasteiger partial charge in [0.05, 0.1) is 0 Å². The number of hydrogen-bond acceptors (Lipinski definition) is 5. The van der Waals surface area contributed by atoms with E-state index in [4.69, 9.17) is 0 Å². The van der Waals surface area contributed by atoms with E-state index < -0.39 is 18.2 Å². The van der Waals surface area contributed by atoms with Gasteiger partial charge in [-0.25, -0.2) is 4.79 Å². The van der Waals surface area contributed by atoms with Gasteiger partial charge in [-0.2, -0.15) is 0 Å². The summed E-state index contributed by atoms with van der Waals surface area (Å²) in [4.78, 5) is 31.5. The highest BCUT2D eigenvalue weighted by Gasteiger charge is 2.20. The Kier molecular flexibility index (Phi) is 4.72. The van der Waals surface area contributed by atoms with Crippen molar-refractivity contribution < 1.29 is 23.9 Å². The van der Waals surface area contributed by atoms with E-state index in [-0.39, 0.29) is 12.3 Å². The fourth-order valence-electron chi connectivity index (χ4n) is 0.492. The quantitative estimate of drug-likeness (QED) is 0.451. The van der Waals surface area contributed by atoms with E-state index in [2.05, 4.69) is 9.47 Å². The van der Waals surface area contributed by atoms with E-state index >= 15 is 0 Å². The molecule has 5 heteroatoms. The van der Waals surface area contributed by atoms with Gasteiger partial charge in [0.2, 0.25) is 0 Å². The molecule has 0 rings (SSSR count). The smallest absolute Gasteiger partial charge is 0.347 e. The molecule has 0 aromatic rings. The minimum atomic E-state index is -0.973. The maximum absolute atomic E-state index is 11.0. The minimum Gasteiger partial charge on any atom is -0.453 e. The second kappa shape index (κ2) is 5.29. The molecule has 0 aliphatic heterocycles. The first-order valence-corrected chi connectivity index (χ1v) is 3.79. The van der Waals surface area contributed by atoms with Crippen LogP contribution in [-0.2, 0) is 23.9 Å². The molecule has 0 fully saturated rings. The van der Waals surface area contributed by atoms with Crippen molar-refractivity contribution in [3.05, 3.63) is 0 Å². The molecule has 0 heterocycles. The average Bonchev–Trinajstić information content (AvgIpc) is 2.04. The second-order valence-corrected chi connectivity index (χ2v) is 2.56. The molecule has 0 amide bonds. The maximum atomic E-state index is 11.0. The van der Waals surface area contributed by atoms with Gasteiger partial charge in [0, 0.05) is 0 Å². The van der Waals surface area contributed by atoms with Gasteiger partial charge in [-0.05, 0) is 20.8 Å². The number of carbonyl (C=O) groups excluding carboxylic acids is 3. The summed E-state index contributed by atoms with van der Waals surface area (Å²) in [5, 5.41) is 0. The molecule has 0 saturated heterocycles. The lowest BCUT2D eigenvalue weighted by Gasteiger charge is -2.13. The number of Topliss-reactive ketones (excluding diaryl/α,β-unsaturated/α-hetero) is 1. The van der Waals surface area contributed by atoms with Crippen molar-refractivity contribution >= 4 is 18.2 Å². The van der Waals surface area contributed by atoms with Crippen molar-refractivity contribution in [1.29, 1.82) is 0 Å². The van der Waals surface area contributed by atoms with E-state index in [1.54, 1.807) is 0 Å². The first-order valence-electron chi connectivity index (χ1n) is 3.79. The normalized spacial score (nSPS) is 14.1. The van der Waals surface area contributed by atoms with Crippen LogP contribution in [0.25, 0.3) is 0 Å². The number of carbonyl (C=O) groups is 3. The SMILES string of the molecule is CC(=O)C(C)OC(=O)C(C)OC=O. The van der Waals surface area contributed by atoms with Gasteiger partial charge in [0.15, 0.2) is 18.0 Å². The van der Waals surface area contributed by atoms with Crippen molar-refractivity contribution in [3.63, 3.8) is 0 Å². The highest BCUT2D eigenvalue weighted by Crippen LogP contribution is 1.98. The van der Waals surface area contributed by atoms with Crippen LogP contribution in [-0.4, -0.2) is 30.4 Å². The molecule has 0 bridgehead atoms. The predicted octanol–water partition coefficient (Wildman–Crippen LogP) is 0.0686. The third kappa shape index (κ3) is 4.25. The summed E-state index contributed by atoms with van der Waals surface area (Å²) in [6.07, 6.45) is -1.77. The van der Waals surface area contributed by atoms with Gasteiger partial charge < -0.3 is 9.47 Å². The predicted molar refractivity (Wildman–Crippen MR) is 42.8 cm³/mol. The van der Waals surface area contributed by atoms with Crippen LogP contribution in [0.4, 0.5) is 0 Å². The molecular formula is C8H12O5. The number of hydrogen-bond donors (Lipinski definition) is 0. The lowest BCUT2D eigenvalue weighted by atomic mass is 10.3. The third-order valence-electron chi connectivity index (χ3n) is 1.46. The zero-order valence-electron chi connectivity index (χ0n) is 7.77. The van der Waals surface area contributed by atoms with E-state index in [1.165, 1.54) is 20.8 Å². The molecule has 0 aromatic heterocycles. The summed E-state index contributed by atoms with van der Waals surface area (Å²) in [6.45, 7) is 4.28. The van der Waals surface area contributed by atoms with Gasteiger partial charge in [0.25, 0.3) is 6.47 Å². The van der Waals surface area contributed by atoms with Gasteiger partial charge in [-0.3, -0.25) is 9.59 Å². The van der Waals surface area contributed by atoms with Crippen LogP contribution in [0.15, 0.2) is 0 Å². The zero-order valence-corrected chi connectivity index (χ0v) is 7.77. The first-order chi connectivity index (χ1) is 5.99. The molecule has 13 heavy (non-hydrogen) atoms. The number of esters is 1. The Morgan fingerprint density at radius 2 is 1.77 bits per heavy atom.